The summed E-state index contributed by atoms with van der Waals surface area (Å²) < 4.78 is 30.3. The van der Waals surface area contributed by atoms with E-state index in [1.165, 1.54) is 25.8 Å². The normalized spacial score (nSPS) is 15.3. The van der Waals surface area contributed by atoms with E-state index in [-0.39, 0.29) is 57.2 Å². The number of aromatic nitrogens is 5. The Balaban J connectivity index is 1.34. The van der Waals surface area contributed by atoms with Crippen LogP contribution in [0, 0.1) is 6.92 Å². The topological polar surface area (TPSA) is 126 Å². The van der Waals surface area contributed by atoms with Gasteiger partial charge < -0.3 is 4.90 Å². The van der Waals surface area contributed by atoms with Crippen LogP contribution in [-0.4, -0.2) is 74.1 Å². The lowest BCUT2D eigenvalue weighted by Crippen LogP contribution is -2.50. The summed E-state index contributed by atoms with van der Waals surface area (Å²) in [5.41, 5.74) is 0.888. The van der Waals surface area contributed by atoms with E-state index < -0.39 is 10.0 Å². The second-order valence-electron chi connectivity index (χ2n) is 7.56. The zero-order valence-electron chi connectivity index (χ0n) is 17.6. The highest BCUT2D eigenvalue weighted by atomic mass is 35.5. The van der Waals surface area contributed by atoms with E-state index in [4.69, 9.17) is 23.2 Å². The average molecular weight is 542 g/mol. The maximum Gasteiger partial charge on any atom is 0.276 e. The van der Waals surface area contributed by atoms with Crippen molar-refractivity contribution in [2.45, 2.75) is 11.8 Å². The van der Waals surface area contributed by atoms with Crippen molar-refractivity contribution >= 4 is 56.0 Å². The summed E-state index contributed by atoms with van der Waals surface area (Å²) in [5, 5.41) is 8.56. The maximum atomic E-state index is 13.2. The predicted molar refractivity (Wildman–Crippen MR) is 127 cm³/mol. The first kappa shape index (κ1) is 23.1. The largest absolute Gasteiger partial charge is 0.336 e. The fourth-order valence-corrected chi connectivity index (χ4v) is 7.34. The molecule has 1 aliphatic heterocycles. The van der Waals surface area contributed by atoms with Gasteiger partial charge in [-0.25, -0.2) is 17.6 Å². The lowest BCUT2D eigenvalue weighted by molar-refractivity contribution is 0.0697. The number of piperazine rings is 1. The number of H-pyrrole nitrogens is 1. The van der Waals surface area contributed by atoms with Crippen molar-refractivity contribution in [3.8, 4) is 5.95 Å². The van der Waals surface area contributed by atoms with Crippen molar-refractivity contribution in [2.24, 2.45) is 0 Å². The number of amides is 1. The van der Waals surface area contributed by atoms with E-state index in [0.29, 0.717) is 16.8 Å². The molecule has 0 aliphatic carbocycles. The summed E-state index contributed by atoms with van der Waals surface area (Å²) in [6.07, 6.45) is 3.05. The van der Waals surface area contributed by atoms with Crippen LogP contribution < -0.4 is 5.56 Å². The third-order valence-corrected chi connectivity index (χ3v) is 9.25. The molecule has 0 radical (unpaired) electrons. The van der Waals surface area contributed by atoms with E-state index in [1.807, 2.05) is 0 Å². The smallest absolute Gasteiger partial charge is 0.276 e. The standard InChI is InChI=1S/C19H17Cl2N7O4S2/c1-11-12(10-22-28(11)19-23-17(29)13-3-2-4-27(13)24-19)18(30)25-5-7-26(8-6-25)34(31,32)14-9-15(20)33-16(14)21/h2-4,9-10H,5-8H2,1H3,(H,23,24,29). The molecule has 0 bridgehead atoms. The van der Waals surface area contributed by atoms with Gasteiger partial charge in [-0.15, -0.1) is 16.4 Å². The SMILES string of the molecule is Cc1c(C(=O)N2CCN(S(=O)(=O)c3cc(Cl)sc3Cl)CC2)cnn1-c1nn2cccc2c(=O)[nH]1. The molecule has 1 N–H and O–H groups in total. The fraction of sp³-hybridized carbons (Fsp3) is 0.263. The Morgan fingerprint density at radius 2 is 1.94 bits per heavy atom. The van der Waals surface area contributed by atoms with Gasteiger partial charge in [0, 0.05) is 32.4 Å². The highest BCUT2D eigenvalue weighted by Gasteiger charge is 2.33. The summed E-state index contributed by atoms with van der Waals surface area (Å²) in [6, 6.07) is 4.68. The molecule has 1 fully saturated rings. The van der Waals surface area contributed by atoms with E-state index in [0.717, 1.165) is 11.3 Å². The van der Waals surface area contributed by atoms with Gasteiger partial charge in [0.15, 0.2) is 0 Å². The summed E-state index contributed by atoms with van der Waals surface area (Å²) in [4.78, 5) is 29.6. The number of carbonyl (C=O) groups excluding carboxylic acids is 1. The highest BCUT2D eigenvalue weighted by molar-refractivity contribution is 7.89. The zero-order valence-corrected chi connectivity index (χ0v) is 20.7. The Morgan fingerprint density at radius 1 is 1.21 bits per heavy atom. The lowest BCUT2D eigenvalue weighted by atomic mass is 10.2. The van der Waals surface area contributed by atoms with Crippen LogP contribution in [0.4, 0.5) is 0 Å². The molecule has 4 aromatic heterocycles. The zero-order chi connectivity index (χ0) is 24.2. The molecule has 4 aromatic rings. The minimum absolute atomic E-state index is 0.0257. The van der Waals surface area contributed by atoms with Crippen LogP contribution in [-0.2, 0) is 10.0 Å². The number of hydrogen-bond donors (Lipinski definition) is 1. The minimum Gasteiger partial charge on any atom is -0.336 e. The molecular weight excluding hydrogens is 525 g/mol. The predicted octanol–water partition coefficient (Wildman–Crippen LogP) is 2.03. The van der Waals surface area contributed by atoms with Crippen molar-refractivity contribution in [3.63, 3.8) is 0 Å². The van der Waals surface area contributed by atoms with Crippen LogP contribution >= 0.6 is 34.5 Å². The Bertz CT molecular complexity index is 1580. The number of carbonyl (C=O) groups is 1. The van der Waals surface area contributed by atoms with Gasteiger partial charge in [-0.05, 0) is 25.1 Å². The lowest BCUT2D eigenvalue weighted by Gasteiger charge is -2.33. The van der Waals surface area contributed by atoms with Crippen molar-refractivity contribution in [2.75, 3.05) is 26.2 Å². The molecule has 11 nitrogen and oxygen atoms in total. The van der Waals surface area contributed by atoms with Gasteiger partial charge in [-0.2, -0.15) is 9.40 Å². The van der Waals surface area contributed by atoms with Crippen LogP contribution in [0.15, 0.2) is 40.3 Å². The first-order valence-electron chi connectivity index (χ1n) is 10.0. The molecule has 0 spiro atoms. The van der Waals surface area contributed by atoms with Gasteiger partial charge in [0.1, 0.15) is 14.7 Å². The van der Waals surface area contributed by atoms with Crippen LogP contribution in [0.1, 0.15) is 16.1 Å². The van der Waals surface area contributed by atoms with Crippen molar-refractivity contribution < 1.29 is 13.2 Å². The van der Waals surface area contributed by atoms with E-state index in [1.54, 1.807) is 30.2 Å². The minimum atomic E-state index is -3.81. The molecule has 34 heavy (non-hydrogen) atoms. The highest BCUT2D eigenvalue weighted by Crippen LogP contribution is 2.36. The molecule has 178 valence electrons. The van der Waals surface area contributed by atoms with Crippen molar-refractivity contribution in [1.82, 2.24) is 33.6 Å². The molecular formula is C19H17Cl2N7O4S2. The van der Waals surface area contributed by atoms with Crippen molar-refractivity contribution in [3.05, 3.63) is 60.9 Å². The number of aromatic amines is 1. The van der Waals surface area contributed by atoms with Gasteiger partial charge >= 0.3 is 0 Å². The van der Waals surface area contributed by atoms with E-state index in [9.17, 15) is 18.0 Å². The van der Waals surface area contributed by atoms with Gasteiger partial charge in [-0.3, -0.25) is 14.6 Å². The number of thiophene rings is 1. The van der Waals surface area contributed by atoms with Crippen LogP contribution in [0.2, 0.25) is 8.67 Å². The van der Waals surface area contributed by atoms with Gasteiger partial charge in [-0.1, -0.05) is 23.2 Å². The summed E-state index contributed by atoms with van der Waals surface area (Å²) in [6.45, 7) is 2.32. The Labute approximate surface area is 207 Å². The number of hydrogen-bond acceptors (Lipinski definition) is 7. The number of nitrogens with one attached hydrogen (secondary N) is 1. The Kier molecular flexibility index (Phi) is 5.76. The molecule has 5 rings (SSSR count). The number of halogens is 2. The summed E-state index contributed by atoms with van der Waals surface area (Å²) >= 11 is 12.9. The summed E-state index contributed by atoms with van der Waals surface area (Å²) in [7, 11) is -3.81. The number of fused-ring (bicyclic) bond motifs is 1. The molecule has 0 aromatic carbocycles. The maximum absolute atomic E-state index is 13.2. The second-order valence-corrected chi connectivity index (χ2v) is 11.7. The van der Waals surface area contributed by atoms with E-state index in [2.05, 4.69) is 15.2 Å². The van der Waals surface area contributed by atoms with Gasteiger partial charge in [0.25, 0.3) is 11.5 Å². The van der Waals surface area contributed by atoms with Gasteiger partial charge in [0.05, 0.1) is 21.8 Å². The van der Waals surface area contributed by atoms with Gasteiger partial charge in [0.2, 0.25) is 16.0 Å². The quantitative estimate of drug-likeness (QED) is 0.421. The van der Waals surface area contributed by atoms with Crippen molar-refractivity contribution in [1.29, 1.82) is 0 Å². The number of sulfonamides is 1. The monoisotopic (exact) mass is 541 g/mol. The van der Waals surface area contributed by atoms with E-state index >= 15 is 0 Å². The molecule has 15 heteroatoms. The summed E-state index contributed by atoms with van der Waals surface area (Å²) in [5.74, 6) is -0.116. The second kappa shape index (κ2) is 8.50. The molecule has 1 amide bonds. The van der Waals surface area contributed by atoms with Crippen LogP contribution in [0.5, 0.6) is 0 Å². The fourth-order valence-electron chi connectivity index (χ4n) is 3.80. The average Bonchev–Trinajstić information content (AvgIpc) is 3.52. The Hall–Kier alpha value is -2.71. The van der Waals surface area contributed by atoms with Crippen LogP contribution in [0.25, 0.3) is 11.5 Å². The van der Waals surface area contributed by atoms with Crippen LogP contribution in [0.3, 0.4) is 0 Å². The molecule has 0 atom stereocenters. The first-order valence-corrected chi connectivity index (χ1v) is 13.0. The molecule has 1 aliphatic rings. The Morgan fingerprint density at radius 3 is 2.62 bits per heavy atom. The molecule has 5 heterocycles. The number of nitrogens with zero attached hydrogens (tertiary/aromatic N) is 6. The first-order chi connectivity index (χ1) is 16.2. The third-order valence-electron chi connectivity index (χ3n) is 5.60. The number of rotatable bonds is 4. The third kappa shape index (κ3) is 3.82. The molecule has 0 unspecified atom stereocenters. The molecule has 0 saturated carbocycles. The molecule has 1 saturated heterocycles.